The average molecular weight is 178 g/mol. The molecule has 2 nitrogen and oxygen atoms in total. The Balaban J connectivity index is 2.17. The van der Waals surface area contributed by atoms with Gasteiger partial charge in [0.2, 0.25) is 0 Å². The van der Waals surface area contributed by atoms with Crippen LogP contribution in [0.25, 0.3) is 0 Å². The summed E-state index contributed by atoms with van der Waals surface area (Å²) in [6.07, 6.45) is 4.06. The molecule has 2 heteroatoms. The van der Waals surface area contributed by atoms with Crippen LogP contribution in [0.5, 0.6) is 0 Å². The van der Waals surface area contributed by atoms with E-state index >= 15 is 0 Å². The molecule has 1 aromatic rings. The summed E-state index contributed by atoms with van der Waals surface area (Å²) in [7, 11) is 0. The lowest BCUT2D eigenvalue weighted by molar-refractivity contribution is 0.410. The van der Waals surface area contributed by atoms with E-state index in [1.165, 1.54) is 30.7 Å². The van der Waals surface area contributed by atoms with Gasteiger partial charge in [0.1, 0.15) is 0 Å². The van der Waals surface area contributed by atoms with E-state index in [0.29, 0.717) is 0 Å². The second kappa shape index (κ2) is 2.86. The minimum atomic E-state index is 0.179. The monoisotopic (exact) mass is 178 g/mol. The molecule has 1 aliphatic rings. The molecular formula is C11H18N2. The van der Waals surface area contributed by atoms with Crippen LogP contribution in [0.4, 0.5) is 0 Å². The Morgan fingerprint density at radius 1 is 1.38 bits per heavy atom. The molecule has 1 aliphatic carbocycles. The van der Waals surface area contributed by atoms with E-state index < -0.39 is 0 Å². The van der Waals surface area contributed by atoms with Crippen molar-refractivity contribution in [2.75, 3.05) is 0 Å². The van der Waals surface area contributed by atoms with Crippen molar-refractivity contribution in [2.45, 2.75) is 51.4 Å². The number of aromatic amines is 1. The number of nitrogens with zero attached hydrogens (tertiary/aromatic N) is 1. The van der Waals surface area contributed by atoms with Crippen LogP contribution in [0.3, 0.4) is 0 Å². The van der Waals surface area contributed by atoms with E-state index in [0.717, 1.165) is 5.92 Å². The molecule has 0 radical (unpaired) electrons. The summed E-state index contributed by atoms with van der Waals surface area (Å²) in [5, 5.41) is 7.53. The molecule has 72 valence electrons. The summed E-state index contributed by atoms with van der Waals surface area (Å²) in [5.41, 5.74) is 2.71. The van der Waals surface area contributed by atoms with Crippen LogP contribution in [0.2, 0.25) is 0 Å². The third kappa shape index (κ3) is 1.62. The van der Waals surface area contributed by atoms with Crippen molar-refractivity contribution in [3.63, 3.8) is 0 Å². The van der Waals surface area contributed by atoms with Gasteiger partial charge < -0.3 is 0 Å². The highest BCUT2D eigenvalue weighted by Gasteiger charge is 2.24. The quantitative estimate of drug-likeness (QED) is 0.703. The van der Waals surface area contributed by atoms with Crippen LogP contribution >= 0.6 is 0 Å². The maximum Gasteiger partial charge on any atom is 0.0678 e. The topological polar surface area (TPSA) is 28.7 Å². The Hall–Kier alpha value is -0.790. The lowest BCUT2D eigenvalue weighted by Crippen LogP contribution is -2.11. The minimum absolute atomic E-state index is 0.179. The van der Waals surface area contributed by atoms with Crippen molar-refractivity contribution >= 4 is 0 Å². The summed E-state index contributed by atoms with van der Waals surface area (Å²) in [4.78, 5) is 0. The Morgan fingerprint density at radius 2 is 2.08 bits per heavy atom. The first-order valence-corrected chi connectivity index (χ1v) is 5.13. The zero-order valence-electron chi connectivity index (χ0n) is 8.72. The van der Waals surface area contributed by atoms with Gasteiger partial charge in [0.15, 0.2) is 0 Å². The first-order valence-electron chi connectivity index (χ1n) is 5.13. The number of H-pyrrole nitrogens is 1. The second-order valence-electron chi connectivity index (χ2n) is 5.09. The van der Waals surface area contributed by atoms with Crippen LogP contribution in [0, 0.1) is 0 Å². The smallest absolute Gasteiger partial charge is 0.0678 e. The molecule has 0 spiro atoms. The fourth-order valence-electron chi connectivity index (χ4n) is 1.65. The van der Waals surface area contributed by atoms with Crippen molar-refractivity contribution in [1.29, 1.82) is 0 Å². The molecule has 1 N–H and O–H groups in total. The number of hydrogen-bond donors (Lipinski definition) is 1. The second-order valence-corrected chi connectivity index (χ2v) is 5.09. The summed E-state index contributed by atoms with van der Waals surface area (Å²) in [5.74, 6) is 0.767. The van der Waals surface area contributed by atoms with Gasteiger partial charge in [0.25, 0.3) is 0 Å². The van der Waals surface area contributed by atoms with E-state index in [2.05, 4.69) is 37.0 Å². The normalized spacial score (nSPS) is 18.7. The molecule has 0 saturated heterocycles. The van der Waals surface area contributed by atoms with Gasteiger partial charge in [0.05, 0.1) is 5.69 Å². The lowest BCUT2D eigenvalue weighted by atomic mass is 9.82. The van der Waals surface area contributed by atoms with Crippen LogP contribution in [0.1, 0.15) is 57.3 Å². The molecule has 0 bridgehead atoms. The van der Waals surface area contributed by atoms with Gasteiger partial charge in [-0.1, -0.05) is 27.2 Å². The van der Waals surface area contributed by atoms with Gasteiger partial charge in [-0.25, -0.2) is 0 Å². The van der Waals surface area contributed by atoms with Crippen LogP contribution in [-0.2, 0) is 5.41 Å². The molecule has 0 amide bonds. The van der Waals surface area contributed by atoms with E-state index in [4.69, 9.17) is 0 Å². The van der Waals surface area contributed by atoms with Crippen molar-refractivity contribution in [3.8, 4) is 0 Å². The largest absolute Gasteiger partial charge is 0.282 e. The van der Waals surface area contributed by atoms with Gasteiger partial charge in [-0.15, -0.1) is 0 Å². The maximum absolute atomic E-state index is 4.37. The standard InChI is InChI=1S/C11H18N2/c1-11(2,3)10-7-9(12-13-10)8-5-4-6-8/h7-8H,4-6H2,1-3H3,(H,12,13). The number of nitrogens with one attached hydrogen (secondary N) is 1. The van der Waals surface area contributed by atoms with Gasteiger partial charge in [-0.2, -0.15) is 5.10 Å². The highest BCUT2D eigenvalue weighted by molar-refractivity contribution is 5.20. The van der Waals surface area contributed by atoms with Crippen LogP contribution < -0.4 is 0 Å². The average Bonchev–Trinajstić information content (AvgIpc) is 2.29. The third-order valence-corrected chi connectivity index (χ3v) is 2.91. The van der Waals surface area contributed by atoms with E-state index in [1.807, 2.05) is 0 Å². The molecule has 0 atom stereocenters. The zero-order valence-corrected chi connectivity index (χ0v) is 8.72. The fourth-order valence-corrected chi connectivity index (χ4v) is 1.65. The SMILES string of the molecule is CC(C)(C)c1cc(C2CCC2)[nH]n1. The van der Waals surface area contributed by atoms with E-state index in [1.54, 1.807) is 0 Å². The first-order chi connectivity index (χ1) is 6.07. The van der Waals surface area contributed by atoms with E-state index in [9.17, 15) is 0 Å². The summed E-state index contributed by atoms with van der Waals surface area (Å²) >= 11 is 0. The Labute approximate surface area is 79.7 Å². The van der Waals surface area contributed by atoms with Crippen LogP contribution in [-0.4, -0.2) is 10.2 Å². The molecule has 1 fully saturated rings. The third-order valence-electron chi connectivity index (χ3n) is 2.91. The van der Waals surface area contributed by atoms with Gasteiger partial charge in [-0.05, 0) is 18.9 Å². The lowest BCUT2D eigenvalue weighted by Gasteiger charge is -2.23. The maximum atomic E-state index is 4.37. The van der Waals surface area contributed by atoms with Crippen molar-refractivity contribution in [3.05, 3.63) is 17.5 Å². The predicted molar refractivity (Wildman–Crippen MR) is 53.9 cm³/mol. The van der Waals surface area contributed by atoms with Crippen molar-refractivity contribution < 1.29 is 0 Å². The zero-order chi connectivity index (χ0) is 9.47. The highest BCUT2D eigenvalue weighted by atomic mass is 15.1. The first kappa shape index (κ1) is 8.79. The Morgan fingerprint density at radius 3 is 2.46 bits per heavy atom. The molecule has 1 aromatic heterocycles. The predicted octanol–water partition coefficient (Wildman–Crippen LogP) is 2.97. The van der Waals surface area contributed by atoms with Crippen molar-refractivity contribution in [1.82, 2.24) is 10.2 Å². The minimum Gasteiger partial charge on any atom is -0.282 e. The highest BCUT2D eigenvalue weighted by Crippen LogP contribution is 2.36. The summed E-state index contributed by atoms with van der Waals surface area (Å²) in [6, 6.07) is 2.24. The molecule has 0 unspecified atom stereocenters. The number of hydrogen-bond acceptors (Lipinski definition) is 1. The molecule has 0 aliphatic heterocycles. The molecule has 1 heterocycles. The summed E-state index contributed by atoms with van der Waals surface area (Å²) in [6.45, 7) is 6.61. The number of aromatic nitrogens is 2. The molecule has 13 heavy (non-hydrogen) atoms. The Bertz CT molecular complexity index is 289. The molecule has 0 aromatic carbocycles. The fraction of sp³-hybridized carbons (Fsp3) is 0.727. The van der Waals surface area contributed by atoms with Crippen LogP contribution in [0.15, 0.2) is 6.07 Å². The van der Waals surface area contributed by atoms with Crippen molar-refractivity contribution in [2.24, 2.45) is 0 Å². The van der Waals surface area contributed by atoms with Gasteiger partial charge in [-0.3, -0.25) is 5.10 Å². The molecular weight excluding hydrogens is 160 g/mol. The number of rotatable bonds is 1. The van der Waals surface area contributed by atoms with E-state index in [-0.39, 0.29) is 5.41 Å². The molecule has 2 rings (SSSR count). The molecule has 1 saturated carbocycles. The van der Waals surface area contributed by atoms with Gasteiger partial charge >= 0.3 is 0 Å². The summed E-state index contributed by atoms with van der Waals surface area (Å²) < 4.78 is 0. The van der Waals surface area contributed by atoms with Gasteiger partial charge in [0, 0.05) is 17.0 Å². The Kier molecular flexibility index (Phi) is 1.94.